The van der Waals surface area contributed by atoms with Crippen LogP contribution in [0.4, 0.5) is 11.4 Å². The fourth-order valence-electron chi connectivity index (χ4n) is 3.85. The Kier molecular flexibility index (Phi) is 4.09. The largest absolute Gasteiger partial charge is 0.447 e. The summed E-state index contributed by atoms with van der Waals surface area (Å²) in [6.45, 7) is 2.17. The van der Waals surface area contributed by atoms with Crippen molar-refractivity contribution in [2.75, 3.05) is 31.6 Å². The second-order valence-corrected chi connectivity index (χ2v) is 7.06. The normalized spacial score (nSPS) is 16.4. The van der Waals surface area contributed by atoms with Gasteiger partial charge in [0.05, 0.1) is 25.1 Å². The average molecular weight is 376 g/mol. The van der Waals surface area contributed by atoms with Crippen LogP contribution in [0, 0.1) is 5.41 Å². The van der Waals surface area contributed by atoms with Crippen molar-refractivity contribution in [2.24, 2.45) is 0 Å². The van der Waals surface area contributed by atoms with Gasteiger partial charge in [0, 0.05) is 36.1 Å². The predicted molar refractivity (Wildman–Crippen MR) is 106 cm³/mol. The summed E-state index contributed by atoms with van der Waals surface area (Å²) >= 11 is 0. The van der Waals surface area contributed by atoms with Gasteiger partial charge in [-0.1, -0.05) is 6.07 Å². The standard InChI is InChI=1S/C21H20N4O3/c22-17-4-1-13-11-14(2-3-15(13)17)24-19-16-5-6-23-12-18(16)28-20(19)21(26)25-7-9-27-10-8-25/h2-3,5-6,11-12,22,24H,1,4,7-10H2. The Morgan fingerprint density at radius 2 is 2.04 bits per heavy atom. The number of amides is 1. The molecule has 142 valence electrons. The molecule has 7 heteroatoms. The Balaban J connectivity index is 1.54. The second-order valence-electron chi connectivity index (χ2n) is 7.06. The molecule has 0 unspecified atom stereocenters. The lowest BCUT2D eigenvalue weighted by Crippen LogP contribution is -2.40. The van der Waals surface area contributed by atoms with E-state index >= 15 is 0 Å². The van der Waals surface area contributed by atoms with Gasteiger partial charge in [-0.15, -0.1) is 0 Å². The lowest BCUT2D eigenvalue weighted by Gasteiger charge is -2.26. The molecule has 3 aromatic rings. The van der Waals surface area contributed by atoms with E-state index < -0.39 is 0 Å². The van der Waals surface area contributed by atoms with Gasteiger partial charge in [0.15, 0.2) is 5.58 Å². The number of carbonyl (C=O) groups is 1. The number of pyridine rings is 1. The second kappa shape index (κ2) is 6.76. The highest BCUT2D eigenvalue weighted by molar-refractivity contribution is 6.07. The van der Waals surface area contributed by atoms with E-state index in [2.05, 4.69) is 16.4 Å². The minimum Gasteiger partial charge on any atom is -0.447 e. The number of hydrogen-bond donors (Lipinski definition) is 2. The Morgan fingerprint density at radius 3 is 2.89 bits per heavy atom. The van der Waals surface area contributed by atoms with Crippen LogP contribution in [0.3, 0.4) is 0 Å². The number of benzene rings is 1. The van der Waals surface area contributed by atoms with Crippen molar-refractivity contribution < 1.29 is 13.9 Å². The number of ether oxygens (including phenoxy) is 1. The van der Waals surface area contributed by atoms with Crippen molar-refractivity contribution >= 4 is 34.0 Å². The topological polar surface area (TPSA) is 91.5 Å². The van der Waals surface area contributed by atoms with Crippen molar-refractivity contribution in [3.8, 4) is 0 Å². The lowest BCUT2D eigenvalue weighted by molar-refractivity contribution is 0.0285. The first-order chi connectivity index (χ1) is 13.7. The summed E-state index contributed by atoms with van der Waals surface area (Å²) < 4.78 is 11.3. The van der Waals surface area contributed by atoms with E-state index in [1.165, 1.54) is 0 Å². The SMILES string of the molecule is N=C1CCc2cc(Nc3c(C(=O)N4CCOCC4)oc4cnccc34)ccc21. The van der Waals surface area contributed by atoms with E-state index in [0.717, 1.165) is 35.0 Å². The zero-order chi connectivity index (χ0) is 19.1. The number of morpholine rings is 1. The number of rotatable bonds is 3. The lowest BCUT2D eigenvalue weighted by atomic mass is 10.1. The van der Waals surface area contributed by atoms with E-state index in [-0.39, 0.29) is 11.7 Å². The maximum absolute atomic E-state index is 13.1. The number of nitrogens with one attached hydrogen (secondary N) is 2. The molecule has 1 fully saturated rings. The Labute approximate surface area is 161 Å². The minimum atomic E-state index is -0.148. The molecule has 1 aliphatic heterocycles. The van der Waals surface area contributed by atoms with Gasteiger partial charge < -0.3 is 24.8 Å². The fraction of sp³-hybridized carbons (Fsp3) is 0.286. The molecule has 28 heavy (non-hydrogen) atoms. The highest BCUT2D eigenvalue weighted by atomic mass is 16.5. The van der Waals surface area contributed by atoms with E-state index in [9.17, 15) is 4.79 Å². The summed E-state index contributed by atoms with van der Waals surface area (Å²) in [6, 6.07) is 7.82. The summed E-state index contributed by atoms with van der Waals surface area (Å²) in [5.74, 6) is 0.142. The van der Waals surface area contributed by atoms with Gasteiger partial charge in [0.25, 0.3) is 5.91 Å². The smallest absolute Gasteiger partial charge is 0.291 e. The van der Waals surface area contributed by atoms with Gasteiger partial charge in [0.2, 0.25) is 5.76 Å². The number of anilines is 2. The third-order valence-electron chi connectivity index (χ3n) is 5.33. The van der Waals surface area contributed by atoms with Crippen LogP contribution in [-0.4, -0.2) is 47.8 Å². The van der Waals surface area contributed by atoms with Crippen molar-refractivity contribution in [3.63, 3.8) is 0 Å². The van der Waals surface area contributed by atoms with Gasteiger partial charge in [-0.3, -0.25) is 9.78 Å². The molecular weight excluding hydrogens is 356 g/mol. The zero-order valence-electron chi connectivity index (χ0n) is 15.3. The van der Waals surface area contributed by atoms with Crippen molar-refractivity contribution in [2.45, 2.75) is 12.8 Å². The molecule has 1 aliphatic carbocycles. The molecule has 1 saturated heterocycles. The molecule has 0 spiro atoms. The minimum absolute atomic E-state index is 0.148. The van der Waals surface area contributed by atoms with Crippen LogP contribution in [0.1, 0.15) is 28.1 Å². The summed E-state index contributed by atoms with van der Waals surface area (Å²) in [4.78, 5) is 19.0. The van der Waals surface area contributed by atoms with Gasteiger partial charge >= 0.3 is 0 Å². The number of nitrogens with zero attached hydrogens (tertiary/aromatic N) is 2. The number of furan rings is 1. The molecule has 2 aromatic heterocycles. The average Bonchev–Trinajstić information content (AvgIpc) is 3.29. The molecule has 0 radical (unpaired) electrons. The molecule has 1 amide bonds. The van der Waals surface area contributed by atoms with Crippen molar-refractivity contribution in [3.05, 3.63) is 53.5 Å². The van der Waals surface area contributed by atoms with E-state index in [4.69, 9.17) is 14.6 Å². The fourth-order valence-corrected chi connectivity index (χ4v) is 3.85. The van der Waals surface area contributed by atoms with Crippen LogP contribution in [-0.2, 0) is 11.2 Å². The zero-order valence-corrected chi connectivity index (χ0v) is 15.3. The summed E-state index contributed by atoms with van der Waals surface area (Å²) in [5.41, 5.74) is 4.96. The molecular formula is C21H20N4O3. The number of aryl methyl sites for hydroxylation is 1. The molecule has 1 aromatic carbocycles. The Morgan fingerprint density at radius 1 is 1.18 bits per heavy atom. The third kappa shape index (κ3) is 2.84. The molecule has 0 bridgehead atoms. The highest BCUT2D eigenvalue weighted by Gasteiger charge is 2.27. The molecule has 2 aliphatic rings. The molecule has 5 rings (SSSR count). The number of carbonyl (C=O) groups excluding carboxylic acids is 1. The summed E-state index contributed by atoms with van der Waals surface area (Å²) in [6.07, 6.45) is 4.97. The van der Waals surface area contributed by atoms with Gasteiger partial charge in [-0.25, -0.2) is 0 Å². The first-order valence-corrected chi connectivity index (χ1v) is 9.42. The maximum atomic E-state index is 13.1. The van der Waals surface area contributed by atoms with E-state index in [1.54, 1.807) is 17.3 Å². The summed E-state index contributed by atoms with van der Waals surface area (Å²) in [5, 5.41) is 12.2. The van der Waals surface area contributed by atoms with Crippen LogP contribution < -0.4 is 5.32 Å². The number of fused-ring (bicyclic) bond motifs is 2. The first-order valence-electron chi connectivity index (χ1n) is 9.42. The monoisotopic (exact) mass is 376 g/mol. The predicted octanol–water partition coefficient (Wildman–Crippen LogP) is 3.36. The van der Waals surface area contributed by atoms with Crippen LogP contribution in [0.5, 0.6) is 0 Å². The van der Waals surface area contributed by atoms with Gasteiger partial charge in [-0.05, 0) is 42.2 Å². The van der Waals surface area contributed by atoms with Crippen LogP contribution in [0.15, 0.2) is 41.1 Å². The Hall–Kier alpha value is -3.19. The van der Waals surface area contributed by atoms with Crippen LogP contribution >= 0.6 is 0 Å². The molecule has 0 saturated carbocycles. The van der Waals surface area contributed by atoms with Crippen molar-refractivity contribution in [1.29, 1.82) is 5.41 Å². The maximum Gasteiger partial charge on any atom is 0.291 e. The van der Waals surface area contributed by atoms with E-state index in [0.29, 0.717) is 43.3 Å². The Bertz CT molecular complexity index is 1080. The van der Waals surface area contributed by atoms with Gasteiger partial charge in [0.1, 0.15) is 0 Å². The number of aromatic nitrogens is 1. The summed E-state index contributed by atoms with van der Waals surface area (Å²) in [7, 11) is 0. The van der Waals surface area contributed by atoms with Gasteiger partial charge in [-0.2, -0.15) is 0 Å². The first kappa shape index (κ1) is 16.9. The third-order valence-corrected chi connectivity index (χ3v) is 5.33. The highest BCUT2D eigenvalue weighted by Crippen LogP contribution is 2.35. The van der Waals surface area contributed by atoms with E-state index in [1.807, 2.05) is 18.2 Å². The molecule has 0 atom stereocenters. The molecule has 3 heterocycles. The van der Waals surface area contributed by atoms with Crippen molar-refractivity contribution in [1.82, 2.24) is 9.88 Å². The van der Waals surface area contributed by atoms with Crippen LogP contribution in [0.2, 0.25) is 0 Å². The quantitative estimate of drug-likeness (QED) is 0.731. The van der Waals surface area contributed by atoms with Crippen LogP contribution in [0.25, 0.3) is 11.0 Å². The molecule has 2 N–H and O–H groups in total. The molecule has 7 nitrogen and oxygen atoms in total. The number of hydrogen-bond acceptors (Lipinski definition) is 6.